The Morgan fingerprint density at radius 3 is 2.76 bits per heavy atom. The van der Waals surface area contributed by atoms with E-state index in [4.69, 9.17) is 5.84 Å². The van der Waals surface area contributed by atoms with Crippen molar-refractivity contribution in [3.05, 3.63) is 34.1 Å². The molecule has 21 heavy (non-hydrogen) atoms. The van der Waals surface area contributed by atoms with Crippen LogP contribution in [0.15, 0.2) is 22.7 Å². The molecule has 0 bridgehead atoms. The first kappa shape index (κ1) is 16.9. The van der Waals surface area contributed by atoms with Crippen LogP contribution in [0.3, 0.4) is 0 Å². The largest absolute Gasteiger partial charge is 0.302 e. The zero-order valence-electron chi connectivity index (χ0n) is 13.0. The van der Waals surface area contributed by atoms with Crippen LogP contribution in [-0.4, -0.2) is 24.5 Å². The highest BCUT2D eigenvalue weighted by atomic mass is 79.9. The van der Waals surface area contributed by atoms with Crippen molar-refractivity contribution in [1.29, 1.82) is 0 Å². The average Bonchev–Trinajstić information content (AvgIpc) is 2.44. The van der Waals surface area contributed by atoms with Crippen molar-refractivity contribution in [2.75, 3.05) is 14.1 Å². The number of nitrogens with one attached hydrogen (secondary N) is 1. The van der Waals surface area contributed by atoms with Gasteiger partial charge >= 0.3 is 0 Å². The average molecular weight is 358 g/mol. The number of nitrogens with two attached hydrogens (primary N) is 1. The van der Waals surface area contributed by atoms with Crippen LogP contribution in [0, 0.1) is 11.7 Å². The van der Waals surface area contributed by atoms with Crippen LogP contribution < -0.4 is 11.3 Å². The highest BCUT2D eigenvalue weighted by molar-refractivity contribution is 9.10. The SMILES string of the molecule is CC1CCCC(C(NN)c2cccc(Br)c2F)(N(C)C)C1. The molecule has 0 spiro atoms. The summed E-state index contributed by atoms with van der Waals surface area (Å²) in [6.45, 7) is 2.27. The Morgan fingerprint density at radius 2 is 2.19 bits per heavy atom. The fourth-order valence-corrected chi connectivity index (χ4v) is 4.15. The molecule has 1 aromatic rings. The molecular formula is C16H25BrFN3. The Morgan fingerprint density at radius 1 is 1.48 bits per heavy atom. The molecule has 0 saturated heterocycles. The predicted molar refractivity (Wildman–Crippen MR) is 88.2 cm³/mol. The van der Waals surface area contributed by atoms with Crippen LogP contribution in [-0.2, 0) is 0 Å². The summed E-state index contributed by atoms with van der Waals surface area (Å²) in [7, 11) is 4.14. The molecule has 3 N–H and O–H groups in total. The van der Waals surface area contributed by atoms with E-state index < -0.39 is 0 Å². The Bertz CT molecular complexity index is 494. The van der Waals surface area contributed by atoms with Gasteiger partial charge in [0, 0.05) is 11.1 Å². The van der Waals surface area contributed by atoms with Crippen molar-refractivity contribution in [3.8, 4) is 0 Å². The second kappa shape index (κ2) is 6.73. The molecule has 0 aromatic heterocycles. The van der Waals surface area contributed by atoms with Crippen LogP contribution in [0.4, 0.5) is 4.39 Å². The molecule has 118 valence electrons. The first-order valence-corrected chi connectivity index (χ1v) is 8.29. The zero-order chi connectivity index (χ0) is 15.6. The lowest BCUT2D eigenvalue weighted by Gasteiger charge is -2.50. The maximum absolute atomic E-state index is 14.6. The number of likely N-dealkylation sites (N-methyl/N-ethyl adjacent to an activating group) is 1. The molecule has 0 amide bonds. The van der Waals surface area contributed by atoms with Gasteiger partial charge in [-0.1, -0.05) is 31.9 Å². The van der Waals surface area contributed by atoms with Gasteiger partial charge in [0.25, 0.3) is 0 Å². The molecule has 1 saturated carbocycles. The molecule has 1 aliphatic carbocycles. The van der Waals surface area contributed by atoms with Crippen LogP contribution in [0.1, 0.15) is 44.2 Å². The van der Waals surface area contributed by atoms with Crippen molar-refractivity contribution in [1.82, 2.24) is 10.3 Å². The first-order valence-electron chi connectivity index (χ1n) is 7.50. The van der Waals surface area contributed by atoms with Crippen molar-refractivity contribution in [2.45, 2.75) is 44.2 Å². The van der Waals surface area contributed by atoms with Gasteiger partial charge in [0.05, 0.1) is 10.5 Å². The highest BCUT2D eigenvalue weighted by Gasteiger charge is 2.45. The van der Waals surface area contributed by atoms with E-state index in [-0.39, 0.29) is 17.4 Å². The highest BCUT2D eigenvalue weighted by Crippen LogP contribution is 2.44. The number of benzene rings is 1. The molecule has 5 heteroatoms. The monoisotopic (exact) mass is 357 g/mol. The maximum Gasteiger partial charge on any atom is 0.142 e. The number of hydrazine groups is 1. The van der Waals surface area contributed by atoms with E-state index in [0.29, 0.717) is 16.0 Å². The summed E-state index contributed by atoms with van der Waals surface area (Å²) in [4.78, 5) is 2.22. The third-order valence-corrected chi connectivity index (χ3v) is 5.51. The van der Waals surface area contributed by atoms with Gasteiger partial charge in [0.1, 0.15) is 5.82 Å². The molecule has 0 radical (unpaired) electrons. The number of halogens is 2. The van der Waals surface area contributed by atoms with Crippen molar-refractivity contribution < 1.29 is 4.39 Å². The van der Waals surface area contributed by atoms with E-state index in [2.05, 4.69) is 47.3 Å². The third-order valence-electron chi connectivity index (χ3n) is 4.90. The third kappa shape index (κ3) is 3.16. The summed E-state index contributed by atoms with van der Waals surface area (Å²) in [5, 5.41) is 0. The van der Waals surface area contributed by atoms with Crippen molar-refractivity contribution in [2.24, 2.45) is 11.8 Å². The Balaban J connectivity index is 2.48. The number of hydrogen-bond acceptors (Lipinski definition) is 3. The summed E-state index contributed by atoms with van der Waals surface area (Å²) in [5.74, 6) is 6.26. The van der Waals surface area contributed by atoms with E-state index >= 15 is 0 Å². The fraction of sp³-hybridized carbons (Fsp3) is 0.625. The van der Waals surface area contributed by atoms with E-state index in [1.54, 1.807) is 6.07 Å². The molecule has 1 aliphatic rings. The van der Waals surface area contributed by atoms with Crippen molar-refractivity contribution in [3.63, 3.8) is 0 Å². The van der Waals surface area contributed by atoms with Gasteiger partial charge in [-0.15, -0.1) is 0 Å². The quantitative estimate of drug-likeness (QED) is 0.638. The molecule has 2 rings (SSSR count). The summed E-state index contributed by atoms with van der Waals surface area (Å²) >= 11 is 3.28. The van der Waals surface area contributed by atoms with Gasteiger partial charge in [-0.05, 0) is 54.9 Å². The van der Waals surface area contributed by atoms with Gasteiger partial charge in [-0.25, -0.2) is 4.39 Å². The van der Waals surface area contributed by atoms with E-state index in [9.17, 15) is 4.39 Å². The second-order valence-corrected chi connectivity index (χ2v) is 7.30. The minimum absolute atomic E-state index is 0.159. The predicted octanol–water partition coefficient (Wildman–Crippen LogP) is 3.60. The van der Waals surface area contributed by atoms with Gasteiger partial charge in [0.15, 0.2) is 0 Å². The zero-order valence-corrected chi connectivity index (χ0v) is 14.6. The normalized spacial score (nSPS) is 27.9. The molecule has 3 unspecified atom stereocenters. The Hall–Kier alpha value is -0.490. The molecule has 1 aromatic carbocycles. The standard InChI is InChI=1S/C16H25BrFN3/c1-11-6-5-9-16(10-11,21(2)3)15(20-19)12-7-4-8-13(17)14(12)18/h4,7-8,11,15,20H,5-6,9-10,19H2,1-3H3. The number of rotatable bonds is 4. The lowest BCUT2D eigenvalue weighted by atomic mass is 9.69. The second-order valence-electron chi connectivity index (χ2n) is 6.44. The molecule has 3 atom stereocenters. The van der Waals surface area contributed by atoms with Gasteiger partial charge in [-0.2, -0.15) is 0 Å². The fourth-order valence-electron chi connectivity index (χ4n) is 3.77. The van der Waals surface area contributed by atoms with E-state index in [0.717, 1.165) is 19.3 Å². The first-order chi connectivity index (χ1) is 9.92. The van der Waals surface area contributed by atoms with Crippen LogP contribution in [0.5, 0.6) is 0 Å². The molecular weight excluding hydrogens is 333 g/mol. The van der Waals surface area contributed by atoms with Crippen LogP contribution in [0.2, 0.25) is 0 Å². The molecule has 3 nitrogen and oxygen atoms in total. The Labute approximate surface area is 135 Å². The summed E-state index contributed by atoms with van der Waals surface area (Å²) in [5.41, 5.74) is 3.37. The lowest BCUT2D eigenvalue weighted by Crippen LogP contribution is -2.57. The molecule has 0 aliphatic heterocycles. The van der Waals surface area contributed by atoms with Gasteiger partial charge < -0.3 is 4.90 Å². The van der Waals surface area contributed by atoms with Gasteiger partial charge in [0.2, 0.25) is 0 Å². The van der Waals surface area contributed by atoms with Gasteiger partial charge in [-0.3, -0.25) is 11.3 Å². The van der Waals surface area contributed by atoms with Crippen LogP contribution >= 0.6 is 15.9 Å². The molecule has 1 fully saturated rings. The minimum Gasteiger partial charge on any atom is -0.302 e. The smallest absolute Gasteiger partial charge is 0.142 e. The molecule has 0 heterocycles. The maximum atomic E-state index is 14.6. The summed E-state index contributed by atoms with van der Waals surface area (Å²) < 4.78 is 15.0. The number of nitrogens with zero attached hydrogens (tertiary/aromatic N) is 1. The summed E-state index contributed by atoms with van der Waals surface area (Å²) in [6, 6.07) is 5.18. The summed E-state index contributed by atoms with van der Waals surface area (Å²) in [6.07, 6.45) is 4.41. The van der Waals surface area contributed by atoms with Crippen molar-refractivity contribution >= 4 is 15.9 Å². The van der Waals surface area contributed by atoms with Crippen LogP contribution in [0.25, 0.3) is 0 Å². The number of hydrogen-bond donors (Lipinski definition) is 2. The Kier molecular flexibility index (Phi) is 5.41. The van der Waals surface area contributed by atoms with E-state index in [1.165, 1.54) is 6.42 Å². The topological polar surface area (TPSA) is 41.3 Å². The van der Waals surface area contributed by atoms with E-state index in [1.807, 2.05) is 12.1 Å². The lowest BCUT2D eigenvalue weighted by molar-refractivity contribution is 0.0354. The minimum atomic E-state index is -0.229.